The third kappa shape index (κ3) is 4.95. The van der Waals surface area contributed by atoms with Crippen LogP contribution in [0.5, 0.6) is 0 Å². The highest BCUT2D eigenvalue weighted by Gasteiger charge is 2.15. The molecule has 0 atom stereocenters. The van der Waals surface area contributed by atoms with Crippen molar-refractivity contribution >= 4 is 21.4 Å². The predicted octanol–water partition coefficient (Wildman–Crippen LogP) is 3.44. The van der Waals surface area contributed by atoms with Crippen LogP contribution in [0.1, 0.15) is 15.9 Å². The first kappa shape index (κ1) is 18.7. The average molecular weight is 380 g/mol. The van der Waals surface area contributed by atoms with Gasteiger partial charge in [-0.1, -0.05) is 54.6 Å². The Kier molecular flexibility index (Phi) is 5.57. The number of hydrazine groups is 1. The van der Waals surface area contributed by atoms with Crippen molar-refractivity contribution in [3.63, 3.8) is 0 Å². The number of amides is 1. The summed E-state index contributed by atoms with van der Waals surface area (Å²) in [4.78, 5) is 12.9. The summed E-state index contributed by atoms with van der Waals surface area (Å²) in [5.74, 6) is -0.375. The SMILES string of the molecule is CS(=O)(=O)c1cccc(C(=O)NN(Cc2ccccc2)c2ccccc2)c1. The molecule has 3 aromatic carbocycles. The van der Waals surface area contributed by atoms with Gasteiger partial charge in [0.25, 0.3) is 5.91 Å². The number of sulfone groups is 1. The van der Waals surface area contributed by atoms with Crippen molar-refractivity contribution in [3.8, 4) is 0 Å². The van der Waals surface area contributed by atoms with Crippen molar-refractivity contribution in [1.29, 1.82) is 0 Å². The number of anilines is 1. The van der Waals surface area contributed by atoms with Crippen LogP contribution < -0.4 is 10.4 Å². The van der Waals surface area contributed by atoms with Crippen LogP contribution in [0.3, 0.4) is 0 Å². The van der Waals surface area contributed by atoms with Crippen LogP contribution in [0, 0.1) is 0 Å². The highest BCUT2D eigenvalue weighted by molar-refractivity contribution is 7.90. The van der Waals surface area contributed by atoms with Crippen molar-refractivity contribution in [2.45, 2.75) is 11.4 Å². The fourth-order valence-electron chi connectivity index (χ4n) is 2.62. The van der Waals surface area contributed by atoms with Crippen LogP contribution >= 0.6 is 0 Å². The highest BCUT2D eigenvalue weighted by Crippen LogP contribution is 2.16. The Bertz CT molecular complexity index is 1020. The van der Waals surface area contributed by atoms with Gasteiger partial charge in [0.2, 0.25) is 0 Å². The average Bonchev–Trinajstić information content (AvgIpc) is 2.68. The normalized spacial score (nSPS) is 11.0. The van der Waals surface area contributed by atoms with Crippen LogP contribution in [0.2, 0.25) is 0 Å². The molecule has 0 aliphatic rings. The molecule has 0 heterocycles. The molecular formula is C21H20N2O3S. The fourth-order valence-corrected chi connectivity index (χ4v) is 3.29. The van der Waals surface area contributed by atoms with E-state index in [4.69, 9.17) is 0 Å². The zero-order chi connectivity index (χ0) is 19.3. The van der Waals surface area contributed by atoms with Crippen LogP contribution in [-0.4, -0.2) is 20.6 Å². The summed E-state index contributed by atoms with van der Waals surface area (Å²) < 4.78 is 23.5. The molecular weight excluding hydrogens is 360 g/mol. The molecule has 27 heavy (non-hydrogen) atoms. The molecule has 0 saturated heterocycles. The Hall–Kier alpha value is -3.12. The van der Waals surface area contributed by atoms with Gasteiger partial charge in [0.1, 0.15) is 0 Å². The van der Waals surface area contributed by atoms with E-state index < -0.39 is 9.84 Å². The van der Waals surface area contributed by atoms with E-state index >= 15 is 0 Å². The number of carbonyl (C=O) groups excluding carboxylic acids is 1. The summed E-state index contributed by atoms with van der Waals surface area (Å²) in [7, 11) is -3.38. The quantitative estimate of drug-likeness (QED) is 0.665. The summed E-state index contributed by atoms with van der Waals surface area (Å²) in [6.45, 7) is 0.475. The highest BCUT2D eigenvalue weighted by atomic mass is 32.2. The van der Waals surface area contributed by atoms with E-state index in [1.54, 1.807) is 17.1 Å². The second-order valence-corrected chi connectivity index (χ2v) is 8.16. The van der Waals surface area contributed by atoms with Crippen molar-refractivity contribution in [2.75, 3.05) is 11.3 Å². The van der Waals surface area contributed by atoms with E-state index in [0.717, 1.165) is 17.5 Å². The summed E-state index contributed by atoms with van der Waals surface area (Å²) >= 11 is 0. The number of benzene rings is 3. The second kappa shape index (κ2) is 8.05. The van der Waals surface area contributed by atoms with Gasteiger partial charge in [-0.25, -0.2) is 8.42 Å². The Morgan fingerprint density at radius 3 is 2.15 bits per heavy atom. The predicted molar refractivity (Wildman–Crippen MR) is 106 cm³/mol. The lowest BCUT2D eigenvalue weighted by Gasteiger charge is -2.25. The lowest BCUT2D eigenvalue weighted by atomic mass is 10.2. The second-order valence-electron chi connectivity index (χ2n) is 6.15. The Morgan fingerprint density at radius 1 is 0.889 bits per heavy atom. The first-order chi connectivity index (χ1) is 12.9. The zero-order valence-electron chi connectivity index (χ0n) is 14.9. The molecule has 1 N–H and O–H groups in total. The van der Waals surface area contributed by atoms with Gasteiger partial charge in [0.15, 0.2) is 9.84 Å². The monoisotopic (exact) mass is 380 g/mol. The van der Waals surface area contributed by atoms with Crippen molar-refractivity contribution in [1.82, 2.24) is 5.43 Å². The van der Waals surface area contributed by atoms with Gasteiger partial charge >= 0.3 is 0 Å². The maximum Gasteiger partial charge on any atom is 0.269 e. The van der Waals surface area contributed by atoms with E-state index in [9.17, 15) is 13.2 Å². The minimum Gasteiger partial charge on any atom is -0.281 e. The van der Waals surface area contributed by atoms with Crippen LogP contribution in [0.25, 0.3) is 0 Å². The molecule has 138 valence electrons. The van der Waals surface area contributed by atoms with Crippen molar-refractivity contribution in [3.05, 3.63) is 96.1 Å². The number of nitrogens with zero attached hydrogens (tertiary/aromatic N) is 1. The van der Waals surface area contributed by atoms with E-state index in [2.05, 4.69) is 5.43 Å². The maximum atomic E-state index is 12.8. The van der Waals surface area contributed by atoms with E-state index in [1.807, 2.05) is 60.7 Å². The van der Waals surface area contributed by atoms with Gasteiger partial charge in [-0.3, -0.25) is 15.2 Å². The largest absolute Gasteiger partial charge is 0.281 e. The van der Waals surface area contributed by atoms with Crippen molar-refractivity contribution < 1.29 is 13.2 Å². The Balaban J connectivity index is 1.87. The zero-order valence-corrected chi connectivity index (χ0v) is 15.7. The smallest absolute Gasteiger partial charge is 0.269 e. The Labute approximate surface area is 159 Å². The molecule has 6 heteroatoms. The van der Waals surface area contributed by atoms with Gasteiger partial charge < -0.3 is 0 Å². The topological polar surface area (TPSA) is 66.5 Å². The van der Waals surface area contributed by atoms with Gasteiger partial charge in [0.05, 0.1) is 17.1 Å². The molecule has 0 saturated carbocycles. The number of hydrogen-bond donors (Lipinski definition) is 1. The molecule has 0 aliphatic carbocycles. The van der Waals surface area contributed by atoms with Gasteiger partial charge in [-0.15, -0.1) is 0 Å². The van der Waals surface area contributed by atoms with Crippen molar-refractivity contribution in [2.24, 2.45) is 0 Å². The molecule has 0 bridgehead atoms. The summed E-state index contributed by atoms with van der Waals surface area (Å²) in [5.41, 5.74) is 5.02. The van der Waals surface area contributed by atoms with Gasteiger partial charge in [-0.05, 0) is 35.9 Å². The van der Waals surface area contributed by atoms with Crippen LogP contribution in [0.15, 0.2) is 89.8 Å². The van der Waals surface area contributed by atoms with E-state index in [-0.39, 0.29) is 16.4 Å². The van der Waals surface area contributed by atoms with E-state index in [1.165, 1.54) is 12.1 Å². The third-order valence-corrected chi connectivity index (χ3v) is 5.12. The summed E-state index contributed by atoms with van der Waals surface area (Å²) in [6.07, 6.45) is 1.12. The molecule has 0 spiro atoms. The molecule has 0 aliphatic heterocycles. The molecule has 0 aromatic heterocycles. The molecule has 1 amide bonds. The first-order valence-electron chi connectivity index (χ1n) is 8.41. The number of hydrogen-bond acceptors (Lipinski definition) is 4. The third-order valence-electron chi connectivity index (χ3n) is 4.01. The maximum absolute atomic E-state index is 12.8. The Morgan fingerprint density at radius 2 is 1.52 bits per heavy atom. The minimum atomic E-state index is -3.38. The molecule has 3 rings (SSSR count). The fraction of sp³-hybridized carbons (Fsp3) is 0.0952. The van der Waals surface area contributed by atoms with Crippen LogP contribution in [0.4, 0.5) is 5.69 Å². The van der Waals surface area contributed by atoms with Gasteiger partial charge in [0, 0.05) is 11.8 Å². The molecule has 3 aromatic rings. The molecule has 0 fully saturated rings. The van der Waals surface area contributed by atoms with E-state index in [0.29, 0.717) is 6.54 Å². The summed E-state index contributed by atoms with van der Waals surface area (Å²) in [6, 6.07) is 25.3. The lowest BCUT2D eigenvalue weighted by Crippen LogP contribution is -2.42. The van der Waals surface area contributed by atoms with Crippen LogP contribution in [-0.2, 0) is 16.4 Å². The number of carbonyl (C=O) groups is 1. The number of para-hydroxylation sites is 1. The molecule has 0 radical (unpaired) electrons. The minimum absolute atomic E-state index is 0.115. The summed E-state index contributed by atoms with van der Waals surface area (Å²) in [5, 5.41) is 1.74. The van der Waals surface area contributed by atoms with Gasteiger partial charge in [-0.2, -0.15) is 0 Å². The number of nitrogens with one attached hydrogen (secondary N) is 1. The standard InChI is InChI=1S/C21H20N2O3S/c1-27(25,26)20-14-8-11-18(15-20)21(24)22-23(19-12-6-3-7-13-19)16-17-9-4-2-5-10-17/h2-15H,16H2,1H3,(H,22,24). The number of rotatable bonds is 6. The first-order valence-corrected chi connectivity index (χ1v) is 10.3. The molecule has 5 nitrogen and oxygen atoms in total. The lowest BCUT2D eigenvalue weighted by molar-refractivity contribution is 0.0948. The molecule has 0 unspecified atom stereocenters.